The van der Waals surface area contributed by atoms with Gasteiger partial charge < -0.3 is 0 Å². The van der Waals surface area contributed by atoms with Gasteiger partial charge in [0.1, 0.15) is 6.07 Å². The number of hydrogen-bond donors (Lipinski definition) is 1. The van der Waals surface area contributed by atoms with E-state index in [2.05, 4.69) is 15.3 Å². The van der Waals surface area contributed by atoms with Gasteiger partial charge in [0.15, 0.2) is 5.71 Å². The van der Waals surface area contributed by atoms with Gasteiger partial charge >= 0.3 is 0 Å². The standard InChI is InChI=1S/C19H18N6O3S/c1-11-6-4-5-7-16(11)25-19(26)18(15(10-20)24-25)23-22-14-8-13(3)17(9-12(14)2)29(21,27)28/h4-9,18H,1-3H3,(H2,21,27,28). The lowest BCUT2D eigenvalue weighted by Crippen LogP contribution is -2.30. The fourth-order valence-electron chi connectivity index (χ4n) is 2.91. The van der Waals surface area contributed by atoms with E-state index in [1.807, 2.05) is 25.1 Å². The number of rotatable bonds is 4. The summed E-state index contributed by atoms with van der Waals surface area (Å²) in [4.78, 5) is 12.8. The lowest BCUT2D eigenvalue weighted by Gasteiger charge is -2.14. The van der Waals surface area contributed by atoms with E-state index < -0.39 is 22.0 Å². The number of nitrogens with two attached hydrogens (primary N) is 1. The smallest absolute Gasteiger partial charge is 0.269 e. The maximum absolute atomic E-state index is 12.8. The molecule has 1 aliphatic heterocycles. The van der Waals surface area contributed by atoms with Gasteiger partial charge in [-0.15, -0.1) is 0 Å². The zero-order valence-corrected chi connectivity index (χ0v) is 16.8. The third-order valence-corrected chi connectivity index (χ3v) is 5.50. The highest BCUT2D eigenvalue weighted by molar-refractivity contribution is 7.89. The Kier molecular flexibility index (Phi) is 5.28. The monoisotopic (exact) mass is 410 g/mol. The topological polar surface area (TPSA) is 141 Å². The summed E-state index contributed by atoms with van der Waals surface area (Å²) < 4.78 is 23.3. The number of carbonyl (C=O) groups is 1. The number of aryl methyl sites for hydroxylation is 3. The van der Waals surface area contributed by atoms with Crippen LogP contribution in [0.4, 0.5) is 11.4 Å². The number of para-hydroxylation sites is 1. The van der Waals surface area contributed by atoms with Gasteiger partial charge in [-0.3, -0.25) is 4.79 Å². The molecule has 0 radical (unpaired) electrons. The second-order valence-electron chi connectivity index (χ2n) is 6.60. The van der Waals surface area contributed by atoms with E-state index in [-0.39, 0.29) is 10.6 Å². The van der Waals surface area contributed by atoms with E-state index in [0.29, 0.717) is 22.5 Å². The molecule has 9 nitrogen and oxygen atoms in total. The number of nitriles is 1. The van der Waals surface area contributed by atoms with Gasteiger partial charge in [-0.05, 0) is 55.7 Å². The number of anilines is 1. The molecule has 3 rings (SSSR count). The van der Waals surface area contributed by atoms with Crippen molar-refractivity contribution in [1.82, 2.24) is 0 Å². The molecule has 1 amide bonds. The van der Waals surface area contributed by atoms with E-state index in [0.717, 1.165) is 10.6 Å². The molecule has 10 heteroatoms. The largest absolute Gasteiger partial charge is 0.281 e. The first-order chi connectivity index (χ1) is 13.6. The second-order valence-corrected chi connectivity index (χ2v) is 8.13. The van der Waals surface area contributed by atoms with Crippen molar-refractivity contribution in [2.45, 2.75) is 31.7 Å². The molecule has 0 spiro atoms. The first kappa shape index (κ1) is 20.3. The van der Waals surface area contributed by atoms with Gasteiger partial charge in [0, 0.05) is 0 Å². The Morgan fingerprint density at radius 3 is 2.45 bits per heavy atom. The molecular formula is C19H18N6O3S. The van der Waals surface area contributed by atoms with E-state index >= 15 is 0 Å². The Bertz CT molecular complexity index is 1210. The molecule has 0 fully saturated rings. The summed E-state index contributed by atoms with van der Waals surface area (Å²) in [5, 5.41) is 27.9. The molecular weight excluding hydrogens is 392 g/mol. The van der Waals surface area contributed by atoms with Crippen molar-refractivity contribution >= 4 is 33.0 Å². The molecule has 148 valence electrons. The summed E-state index contributed by atoms with van der Waals surface area (Å²) >= 11 is 0. The Balaban J connectivity index is 1.95. The van der Waals surface area contributed by atoms with Gasteiger partial charge in [0.05, 0.1) is 16.3 Å². The average Bonchev–Trinajstić information content (AvgIpc) is 2.97. The Morgan fingerprint density at radius 2 is 1.83 bits per heavy atom. The molecule has 0 saturated carbocycles. The van der Waals surface area contributed by atoms with E-state index in [4.69, 9.17) is 5.14 Å². The van der Waals surface area contributed by atoms with Crippen LogP contribution in [0.2, 0.25) is 0 Å². The number of nitrogens with zero attached hydrogens (tertiary/aromatic N) is 5. The van der Waals surface area contributed by atoms with Crippen LogP contribution in [0, 0.1) is 32.1 Å². The van der Waals surface area contributed by atoms with Crippen molar-refractivity contribution in [3.05, 3.63) is 53.1 Å². The number of azo groups is 1. The number of benzene rings is 2. The predicted molar refractivity (Wildman–Crippen MR) is 107 cm³/mol. The maximum atomic E-state index is 12.8. The number of hydrazone groups is 1. The van der Waals surface area contributed by atoms with Gasteiger partial charge in [-0.25, -0.2) is 13.6 Å². The number of primary sulfonamides is 1. The fourth-order valence-corrected chi connectivity index (χ4v) is 3.76. The van der Waals surface area contributed by atoms with Crippen LogP contribution in [-0.2, 0) is 14.8 Å². The van der Waals surface area contributed by atoms with Gasteiger partial charge in [-0.2, -0.15) is 25.6 Å². The summed E-state index contributed by atoms with van der Waals surface area (Å²) in [5.41, 5.74) is 2.60. The summed E-state index contributed by atoms with van der Waals surface area (Å²) in [6, 6.07) is 10.8. The molecule has 1 aliphatic rings. The Labute approximate surface area is 168 Å². The van der Waals surface area contributed by atoms with Gasteiger partial charge in [0.25, 0.3) is 5.91 Å². The molecule has 0 bridgehead atoms. The van der Waals surface area contributed by atoms with Crippen LogP contribution >= 0.6 is 0 Å². The lowest BCUT2D eigenvalue weighted by atomic mass is 10.1. The van der Waals surface area contributed by atoms with Crippen molar-refractivity contribution in [3.8, 4) is 6.07 Å². The predicted octanol–water partition coefficient (Wildman–Crippen LogP) is 2.64. The molecule has 0 saturated heterocycles. The van der Waals surface area contributed by atoms with Crippen LogP contribution < -0.4 is 10.1 Å². The van der Waals surface area contributed by atoms with Crippen LogP contribution in [0.15, 0.2) is 56.6 Å². The molecule has 29 heavy (non-hydrogen) atoms. The van der Waals surface area contributed by atoms with Crippen molar-refractivity contribution in [2.75, 3.05) is 5.01 Å². The summed E-state index contributed by atoms with van der Waals surface area (Å²) in [7, 11) is -3.86. The minimum absolute atomic E-state index is 0.00380. The zero-order chi connectivity index (χ0) is 21.3. The summed E-state index contributed by atoms with van der Waals surface area (Å²) in [5.74, 6) is -0.491. The van der Waals surface area contributed by atoms with Crippen molar-refractivity contribution < 1.29 is 13.2 Å². The van der Waals surface area contributed by atoms with Gasteiger partial charge in [0.2, 0.25) is 16.1 Å². The fraction of sp³-hybridized carbons (Fsp3) is 0.211. The van der Waals surface area contributed by atoms with Crippen LogP contribution in [0.1, 0.15) is 16.7 Å². The molecule has 0 aliphatic carbocycles. The molecule has 1 atom stereocenters. The number of hydrogen-bond acceptors (Lipinski definition) is 7. The summed E-state index contributed by atoms with van der Waals surface area (Å²) in [6.07, 6.45) is 0. The van der Waals surface area contributed by atoms with Crippen molar-refractivity contribution in [3.63, 3.8) is 0 Å². The van der Waals surface area contributed by atoms with Crippen molar-refractivity contribution in [2.24, 2.45) is 20.5 Å². The minimum atomic E-state index is -3.86. The Hall–Kier alpha value is -3.42. The number of amides is 1. The average molecular weight is 410 g/mol. The van der Waals surface area contributed by atoms with Crippen LogP contribution in [0.25, 0.3) is 0 Å². The highest BCUT2D eigenvalue weighted by Gasteiger charge is 2.38. The lowest BCUT2D eigenvalue weighted by molar-refractivity contribution is -0.117. The van der Waals surface area contributed by atoms with Gasteiger partial charge in [-0.1, -0.05) is 18.2 Å². The van der Waals surface area contributed by atoms with E-state index in [9.17, 15) is 18.5 Å². The molecule has 2 aromatic carbocycles. The first-order valence-electron chi connectivity index (χ1n) is 8.56. The SMILES string of the molecule is Cc1cc(S(N)(=O)=O)c(C)cc1N=NC1C(=O)N(c2ccccc2C)N=C1C#N. The molecule has 2 aromatic rings. The summed E-state index contributed by atoms with van der Waals surface area (Å²) in [6.45, 7) is 5.07. The molecule has 0 aromatic heterocycles. The quantitative estimate of drug-likeness (QED) is 0.773. The molecule has 1 heterocycles. The Morgan fingerprint density at radius 1 is 1.14 bits per heavy atom. The highest BCUT2D eigenvalue weighted by atomic mass is 32.2. The molecule has 1 unspecified atom stereocenters. The van der Waals surface area contributed by atoms with Crippen molar-refractivity contribution in [1.29, 1.82) is 5.26 Å². The minimum Gasteiger partial charge on any atom is -0.269 e. The second kappa shape index (κ2) is 7.54. The maximum Gasteiger partial charge on any atom is 0.281 e. The normalized spacial score (nSPS) is 16.9. The number of sulfonamides is 1. The highest BCUT2D eigenvalue weighted by Crippen LogP contribution is 2.28. The zero-order valence-electron chi connectivity index (χ0n) is 16.0. The van der Waals surface area contributed by atoms with Crippen LogP contribution in [0.3, 0.4) is 0 Å². The first-order valence-corrected chi connectivity index (χ1v) is 10.1. The number of carbonyl (C=O) groups excluding carboxylic acids is 1. The van der Waals surface area contributed by atoms with E-state index in [1.165, 1.54) is 12.1 Å². The third-order valence-electron chi connectivity index (χ3n) is 4.45. The van der Waals surface area contributed by atoms with E-state index in [1.54, 1.807) is 26.0 Å². The van der Waals surface area contributed by atoms with Crippen LogP contribution in [0.5, 0.6) is 0 Å². The molecule has 2 N–H and O–H groups in total. The van der Waals surface area contributed by atoms with Crippen LogP contribution in [-0.4, -0.2) is 26.1 Å². The third kappa shape index (κ3) is 3.91.